The van der Waals surface area contributed by atoms with Gasteiger partial charge in [0.2, 0.25) is 0 Å². The average molecular weight is 404 g/mol. The van der Waals surface area contributed by atoms with Crippen molar-refractivity contribution in [2.45, 2.75) is 19.6 Å². The molecule has 1 saturated heterocycles. The monoisotopic (exact) mass is 403 g/mol. The molecular weight excluding hydrogens is 370 g/mol. The van der Waals surface area contributed by atoms with Crippen molar-refractivity contribution in [3.8, 4) is 5.69 Å². The van der Waals surface area contributed by atoms with E-state index in [1.807, 2.05) is 35.9 Å². The maximum atomic E-state index is 10.1. The normalized spacial score (nSPS) is 16.3. The summed E-state index contributed by atoms with van der Waals surface area (Å²) in [5.74, 6) is 0. The second kappa shape index (κ2) is 11.7. The number of piperazine rings is 1. The number of aliphatic hydroxyl groups is 1. The van der Waals surface area contributed by atoms with Crippen molar-refractivity contribution in [2.75, 3.05) is 53.4 Å². The fourth-order valence-corrected chi connectivity index (χ4v) is 3.56. The number of aliphatic hydroxyl groups excluding tert-OH is 1. The first-order valence-corrected chi connectivity index (χ1v) is 9.87. The first kappa shape index (κ1) is 23.0. The van der Waals surface area contributed by atoms with Crippen LogP contribution in [0, 0.1) is 6.92 Å². The van der Waals surface area contributed by atoms with Crippen molar-refractivity contribution in [3.63, 3.8) is 0 Å². The summed E-state index contributed by atoms with van der Waals surface area (Å²) in [5.41, 5.74) is 3.61. The van der Waals surface area contributed by atoms with Crippen LogP contribution in [-0.4, -0.2) is 101 Å². The highest BCUT2D eigenvalue weighted by Crippen LogP contribution is 2.15. The SMILES string of the molecule is Cc1ccccc1-n1cc(CN2CCN(CC(O)CN(C)C)CC2)cn1.O=CO. The Morgan fingerprint density at radius 1 is 1.17 bits per heavy atom. The van der Waals surface area contributed by atoms with Gasteiger partial charge in [-0.1, -0.05) is 18.2 Å². The van der Waals surface area contributed by atoms with Gasteiger partial charge in [-0.15, -0.1) is 0 Å². The molecule has 0 amide bonds. The lowest BCUT2D eigenvalue weighted by Crippen LogP contribution is -2.49. The number of likely N-dealkylation sites (N-methyl/N-ethyl adjacent to an activating group) is 1. The Bertz CT molecular complexity index is 741. The molecule has 2 N–H and O–H groups in total. The zero-order valence-electron chi connectivity index (χ0n) is 17.6. The minimum absolute atomic E-state index is 0.250. The van der Waals surface area contributed by atoms with Crippen LogP contribution in [0.4, 0.5) is 0 Å². The van der Waals surface area contributed by atoms with Crippen LogP contribution in [-0.2, 0) is 11.3 Å². The van der Waals surface area contributed by atoms with Crippen molar-refractivity contribution in [2.24, 2.45) is 0 Å². The van der Waals surface area contributed by atoms with Gasteiger partial charge in [0.05, 0.1) is 18.0 Å². The van der Waals surface area contributed by atoms with Crippen LogP contribution in [0.25, 0.3) is 5.69 Å². The Hall–Kier alpha value is -2.26. The molecular formula is C21H33N5O3. The van der Waals surface area contributed by atoms with E-state index in [9.17, 15) is 5.11 Å². The molecule has 160 valence electrons. The molecule has 0 aliphatic carbocycles. The molecule has 2 aromatic rings. The van der Waals surface area contributed by atoms with E-state index in [0.717, 1.165) is 51.5 Å². The molecule has 8 heteroatoms. The quantitative estimate of drug-likeness (QED) is 0.665. The van der Waals surface area contributed by atoms with E-state index >= 15 is 0 Å². The lowest BCUT2D eigenvalue weighted by atomic mass is 10.2. The number of nitrogens with zero attached hydrogens (tertiary/aromatic N) is 5. The van der Waals surface area contributed by atoms with Gasteiger partial charge >= 0.3 is 0 Å². The molecule has 1 aromatic heterocycles. The lowest BCUT2D eigenvalue weighted by Gasteiger charge is -2.35. The highest BCUT2D eigenvalue weighted by Gasteiger charge is 2.20. The molecule has 1 aliphatic rings. The van der Waals surface area contributed by atoms with E-state index in [-0.39, 0.29) is 12.6 Å². The molecule has 0 bridgehead atoms. The largest absolute Gasteiger partial charge is 0.483 e. The van der Waals surface area contributed by atoms with Gasteiger partial charge in [0.15, 0.2) is 0 Å². The number of hydrogen-bond acceptors (Lipinski definition) is 6. The molecule has 1 fully saturated rings. The van der Waals surface area contributed by atoms with E-state index in [2.05, 4.69) is 46.2 Å². The van der Waals surface area contributed by atoms with E-state index in [1.165, 1.54) is 11.1 Å². The second-order valence-electron chi connectivity index (χ2n) is 7.68. The van der Waals surface area contributed by atoms with Gasteiger partial charge in [-0.25, -0.2) is 4.68 Å². The molecule has 3 rings (SSSR count). The number of para-hydroxylation sites is 1. The van der Waals surface area contributed by atoms with Crippen molar-refractivity contribution in [1.29, 1.82) is 0 Å². The first-order valence-electron chi connectivity index (χ1n) is 9.87. The smallest absolute Gasteiger partial charge is 0.290 e. The summed E-state index contributed by atoms with van der Waals surface area (Å²) in [4.78, 5) is 15.2. The Kier molecular flexibility index (Phi) is 9.27. The van der Waals surface area contributed by atoms with Gasteiger partial charge in [0.25, 0.3) is 6.47 Å². The van der Waals surface area contributed by atoms with E-state index in [1.54, 1.807) is 0 Å². The van der Waals surface area contributed by atoms with Crippen LogP contribution in [0.3, 0.4) is 0 Å². The van der Waals surface area contributed by atoms with Gasteiger partial charge in [-0.05, 0) is 32.6 Å². The van der Waals surface area contributed by atoms with Gasteiger partial charge in [0, 0.05) is 57.6 Å². The minimum atomic E-state index is -0.274. The summed E-state index contributed by atoms with van der Waals surface area (Å²) in [5, 5.41) is 21.5. The summed E-state index contributed by atoms with van der Waals surface area (Å²) in [6, 6.07) is 8.32. The second-order valence-corrected chi connectivity index (χ2v) is 7.68. The highest BCUT2D eigenvalue weighted by molar-refractivity contribution is 5.39. The van der Waals surface area contributed by atoms with E-state index in [0.29, 0.717) is 0 Å². The summed E-state index contributed by atoms with van der Waals surface area (Å²) >= 11 is 0. The fourth-order valence-electron chi connectivity index (χ4n) is 3.56. The van der Waals surface area contributed by atoms with Gasteiger partial charge in [-0.2, -0.15) is 5.10 Å². The summed E-state index contributed by atoms with van der Waals surface area (Å²) in [6.45, 7) is 8.36. The topological polar surface area (TPSA) is 85.1 Å². The maximum absolute atomic E-state index is 10.1. The maximum Gasteiger partial charge on any atom is 0.290 e. The Morgan fingerprint density at radius 2 is 1.79 bits per heavy atom. The summed E-state index contributed by atoms with van der Waals surface area (Å²) < 4.78 is 1.97. The molecule has 1 aliphatic heterocycles. The molecule has 1 aromatic carbocycles. The number of carbonyl (C=O) groups is 1. The van der Waals surface area contributed by atoms with Gasteiger partial charge in [0.1, 0.15) is 0 Å². The van der Waals surface area contributed by atoms with Crippen molar-refractivity contribution >= 4 is 6.47 Å². The number of hydrogen-bond donors (Lipinski definition) is 2. The lowest BCUT2D eigenvalue weighted by molar-refractivity contribution is -0.122. The van der Waals surface area contributed by atoms with Gasteiger partial charge < -0.3 is 15.1 Å². The molecule has 29 heavy (non-hydrogen) atoms. The van der Waals surface area contributed by atoms with Crippen molar-refractivity contribution in [3.05, 3.63) is 47.8 Å². The molecule has 8 nitrogen and oxygen atoms in total. The first-order chi connectivity index (χ1) is 13.9. The third kappa shape index (κ3) is 7.58. The average Bonchev–Trinajstić information content (AvgIpc) is 3.12. The van der Waals surface area contributed by atoms with E-state index < -0.39 is 0 Å². The Morgan fingerprint density at radius 3 is 2.41 bits per heavy atom. The Labute approximate surface area is 173 Å². The zero-order chi connectivity index (χ0) is 21.2. The van der Waals surface area contributed by atoms with Crippen molar-refractivity contribution < 1.29 is 15.0 Å². The van der Waals surface area contributed by atoms with Crippen LogP contribution in [0.1, 0.15) is 11.1 Å². The molecule has 0 radical (unpaired) electrons. The van der Waals surface area contributed by atoms with Crippen molar-refractivity contribution in [1.82, 2.24) is 24.5 Å². The summed E-state index contributed by atoms with van der Waals surface area (Å²) in [7, 11) is 4.00. The number of aryl methyl sites for hydroxylation is 1. The molecule has 1 atom stereocenters. The predicted molar refractivity (Wildman–Crippen MR) is 113 cm³/mol. The van der Waals surface area contributed by atoms with Gasteiger partial charge in [-0.3, -0.25) is 14.6 Å². The minimum Gasteiger partial charge on any atom is -0.483 e. The van der Waals surface area contributed by atoms with Crippen LogP contribution >= 0.6 is 0 Å². The summed E-state index contributed by atoms with van der Waals surface area (Å²) in [6.07, 6.45) is 3.83. The fraction of sp³-hybridized carbons (Fsp3) is 0.524. The van der Waals surface area contributed by atoms with E-state index in [4.69, 9.17) is 9.90 Å². The highest BCUT2D eigenvalue weighted by atomic mass is 16.3. The number of aromatic nitrogens is 2. The zero-order valence-corrected chi connectivity index (χ0v) is 17.6. The van der Waals surface area contributed by atoms with Crippen LogP contribution in [0.15, 0.2) is 36.7 Å². The Balaban J connectivity index is 0.000000941. The molecule has 0 spiro atoms. The van der Waals surface area contributed by atoms with Crippen LogP contribution < -0.4 is 0 Å². The molecule has 0 saturated carbocycles. The number of rotatable bonds is 7. The molecule has 2 heterocycles. The number of β-amino-alcohol motifs (C(OH)–C–C–N with tert-alkyl or cyclic N) is 1. The predicted octanol–water partition coefficient (Wildman–Crippen LogP) is 0.922. The number of carboxylic acid groups (broad SMARTS) is 1. The van der Waals surface area contributed by atoms with Crippen LogP contribution in [0.5, 0.6) is 0 Å². The van der Waals surface area contributed by atoms with Crippen LogP contribution in [0.2, 0.25) is 0 Å². The third-order valence-corrected chi connectivity index (χ3v) is 4.91. The standard InChI is InChI=1S/C20H31N5O.CH2O2/c1-17-6-4-5-7-20(17)25-14-18(12-21-25)13-23-8-10-24(11-9-23)16-19(26)15-22(2)3;2-1-3/h4-7,12,14,19,26H,8-11,13,15-16H2,1-3H3;1H,(H,2,3). The molecule has 1 unspecified atom stereocenters. The third-order valence-electron chi connectivity index (χ3n) is 4.91. The number of benzene rings is 1.